The summed E-state index contributed by atoms with van der Waals surface area (Å²) in [5.41, 5.74) is 0. The van der Waals surface area contributed by atoms with Gasteiger partial charge in [0.15, 0.2) is 6.10 Å². The van der Waals surface area contributed by atoms with Crippen LogP contribution in [0.2, 0.25) is 0 Å². The van der Waals surface area contributed by atoms with Crippen molar-refractivity contribution in [2.45, 2.75) is 303 Å². The Balaban J connectivity index is 4.76. The number of rotatable bonds is 62. The zero-order valence-electron chi connectivity index (χ0n) is 53.6. The Bertz CT molecular complexity index is 1830. The Morgan fingerprint density at radius 3 is 0.893 bits per heavy atom. The number of carbonyl (C=O) groups is 3. The maximum Gasteiger partial charge on any atom is 0.472 e. The molecule has 0 amide bonds. The van der Waals surface area contributed by atoms with E-state index in [1.54, 1.807) is 0 Å². The van der Waals surface area contributed by atoms with Gasteiger partial charge in [-0.25, -0.2) is 4.57 Å². The van der Waals surface area contributed by atoms with Gasteiger partial charge in [0.25, 0.3) is 0 Å². The Labute approximate surface area is 514 Å². The highest BCUT2D eigenvalue weighted by Crippen LogP contribution is 2.43. The van der Waals surface area contributed by atoms with Crippen LogP contribution in [0.15, 0.2) is 109 Å². The van der Waals surface area contributed by atoms with Crippen molar-refractivity contribution in [3.63, 3.8) is 0 Å². The van der Waals surface area contributed by atoms with E-state index >= 15 is 0 Å². The van der Waals surface area contributed by atoms with Gasteiger partial charge in [-0.05, 0) is 135 Å². The van der Waals surface area contributed by atoms with Crippen molar-refractivity contribution >= 4 is 25.7 Å². The minimum Gasteiger partial charge on any atom is -0.462 e. The zero-order valence-corrected chi connectivity index (χ0v) is 54.5. The van der Waals surface area contributed by atoms with E-state index in [4.69, 9.17) is 23.3 Å². The van der Waals surface area contributed by atoms with Gasteiger partial charge >= 0.3 is 25.7 Å². The first kappa shape index (κ1) is 80.1. The molecule has 0 heterocycles. The molecule has 0 spiro atoms. The third-order valence-corrected chi connectivity index (χ3v) is 15.1. The van der Waals surface area contributed by atoms with E-state index in [-0.39, 0.29) is 25.9 Å². The number of phosphoric acid groups is 1. The molecule has 0 aliphatic carbocycles. The van der Waals surface area contributed by atoms with E-state index in [2.05, 4.69) is 130 Å². The molecule has 12 heteroatoms. The van der Waals surface area contributed by atoms with Gasteiger partial charge in [-0.3, -0.25) is 23.4 Å². The third-order valence-electron chi connectivity index (χ3n) is 14.1. The maximum absolute atomic E-state index is 13.0. The van der Waals surface area contributed by atoms with Gasteiger partial charge in [0.2, 0.25) is 0 Å². The molecule has 11 nitrogen and oxygen atoms in total. The molecule has 0 fully saturated rings. The minimum absolute atomic E-state index is 0.144. The van der Waals surface area contributed by atoms with Crippen LogP contribution < -0.4 is 0 Å². The standard InChI is InChI=1S/C72H123O11P/c1-4-7-10-13-16-19-22-25-28-31-34-37-40-43-46-49-52-55-58-61-70(74)79-65-69(83-72(76)63-60-57-54-51-48-45-42-39-36-33-30-27-24-21-18-15-12-9-6-3)67-81-84(77,78)80-66-68(64-73)82-71(75)62-59-56-53-50-47-44-41-38-35-32-29-26-23-20-17-14-11-8-5-2/h16-21,25-30,34-39,68-69,73H,4-15,22-24,31-33,40-67H2,1-3H3,(H,77,78)/b19-16-,20-17-,21-18-,28-25-,29-26-,30-27-,37-34-,38-35-,39-36-. The van der Waals surface area contributed by atoms with Gasteiger partial charge in [-0.2, -0.15) is 0 Å². The van der Waals surface area contributed by atoms with E-state index in [0.717, 1.165) is 154 Å². The lowest BCUT2D eigenvalue weighted by molar-refractivity contribution is -0.161. The number of hydrogen-bond acceptors (Lipinski definition) is 10. The summed E-state index contributed by atoms with van der Waals surface area (Å²) in [6, 6.07) is 0. The van der Waals surface area contributed by atoms with Gasteiger partial charge in [0.05, 0.1) is 19.8 Å². The molecule has 2 N–H and O–H groups in total. The van der Waals surface area contributed by atoms with Crippen LogP contribution in [-0.2, 0) is 42.2 Å². The molecule has 0 saturated heterocycles. The van der Waals surface area contributed by atoms with Crippen LogP contribution in [0.3, 0.4) is 0 Å². The predicted octanol–water partition coefficient (Wildman–Crippen LogP) is 20.9. The average Bonchev–Trinajstić information content (AvgIpc) is 3.55. The van der Waals surface area contributed by atoms with Gasteiger partial charge in [-0.1, -0.05) is 246 Å². The number of phosphoric ester groups is 1. The van der Waals surface area contributed by atoms with Crippen molar-refractivity contribution < 1.29 is 52.2 Å². The predicted molar refractivity (Wildman–Crippen MR) is 353 cm³/mol. The van der Waals surface area contributed by atoms with Crippen LogP contribution in [-0.4, -0.2) is 66.5 Å². The van der Waals surface area contributed by atoms with E-state index < -0.39 is 57.8 Å². The summed E-state index contributed by atoms with van der Waals surface area (Å²) in [5, 5.41) is 9.87. The fourth-order valence-corrected chi connectivity index (χ4v) is 9.75. The van der Waals surface area contributed by atoms with Crippen LogP contribution >= 0.6 is 7.82 Å². The fourth-order valence-electron chi connectivity index (χ4n) is 8.97. The highest BCUT2D eigenvalue weighted by Gasteiger charge is 2.28. The van der Waals surface area contributed by atoms with Crippen LogP contribution in [0, 0.1) is 0 Å². The molecular weight excluding hydrogens is 1070 g/mol. The van der Waals surface area contributed by atoms with Crippen LogP contribution in [0.25, 0.3) is 0 Å². The van der Waals surface area contributed by atoms with E-state index in [0.29, 0.717) is 19.3 Å². The summed E-state index contributed by atoms with van der Waals surface area (Å²) < 4.78 is 39.7. The Hall–Kier alpha value is -3.86. The highest BCUT2D eigenvalue weighted by molar-refractivity contribution is 7.47. The molecule has 482 valence electrons. The van der Waals surface area contributed by atoms with E-state index in [9.17, 15) is 28.9 Å². The molecule has 3 atom stereocenters. The van der Waals surface area contributed by atoms with Crippen LogP contribution in [0.5, 0.6) is 0 Å². The van der Waals surface area contributed by atoms with Crippen molar-refractivity contribution in [3.05, 3.63) is 109 Å². The summed E-state index contributed by atoms with van der Waals surface area (Å²) in [4.78, 5) is 48.9. The summed E-state index contributed by atoms with van der Waals surface area (Å²) >= 11 is 0. The maximum atomic E-state index is 13.0. The van der Waals surface area contributed by atoms with Gasteiger partial charge < -0.3 is 24.2 Å². The van der Waals surface area contributed by atoms with Gasteiger partial charge in [0.1, 0.15) is 12.7 Å². The Morgan fingerprint density at radius 2 is 0.583 bits per heavy atom. The minimum atomic E-state index is -4.77. The Morgan fingerprint density at radius 1 is 0.333 bits per heavy atom. The van der Waals surface area contributed by atoms with Gasteiger partial charge in [-0.15, -0.1) is 0 Å². The quantitative estimate of drug-likeness (QED) is 0.0197. The molecule has 0 aromatic carbocycles. The molecule has 84 heavy (non-hydrogen) atoms. The van der Waals surface area contributed by atoms with Gasteiger partial charge in [0, 0.05) is 19.3 Å². The number of ether oxygens (including phenoxy) is 3. The largest absolute Gasteiger partial charge is 0.472 e. The first-order valence-corrected chi connectivity index (χ1v) is 35.3. The molecular formula is C72H123O11P. The second kappa shape index (κ2) is 65.1. The highest BCUT2D eigenvalue weighted by atomic mass is 31.2. The first-order valence-electron chi connectivity index (χ1n) is 33.8. The molecule has 0 aliphatic rings. The normalized spacial score (nSPS) is 13.9. The van der Waals surface area contributed by atoms with Crippen molar-refractivity contribution in [1.29, 1.82) is 0 Å². The SMILES string of the molecule is CCCCC/C=C\C/C=C\C/C=C\CCCCCCCCC(=O)OCC(COP(=O)(O)OCC(CO)OC(=O)CCCCCCCC/C=C\C/C=C\C/C=C\CCCCC)OC(=O)CCCCCCCC/C=C\C/C=C\C/C=C\CCCCC. The number of aliphatic hydroxyl groups excluding tert-OH is 1. The molecule has 0 aromatic rings. The molecule has 0 aromatic heterocycles. The van der Waals surface area contributed by atoms with E-state index in [1.165, 1.54) is 77.0 Å². The molecule has 0 rings (SSSR count). The number of unbranched alkanes of at least 4 members (excludes halogenated alkanes) is 27. The number of aliphatic hydroxyl groups is 1. The summed E-state index contributed by atoms with van der Waals surface area (Å²) in [7, 11) is -4.77. The van der Waals surface area contributed by atoms with Crippen molar-refractivity contribution in [1.82, 2.24) is 0 Å². The topological polar surface area (TPSA) is 155 Å². The Kier molecular flexibility index (Phi) is 62.1. The van der Waals surface area contributed by atoms with Crippen molar-refractivity contribution in [2.24, 2.45) is 0 Å². The smallest absolute Gasteiger partial charge is 0.462 e. The molecule has 0 saturated carbocycles. The average molecular weight is 1200 g/mol. The molecule has 0 radical (unpaired) electrons. The second-order valence-corrected chi connectivity index (χ2v) is 23.7. The number of hydrogen-bond donors (Lipinski definition) is 2. The zero-order chi connectivity index (χ0) is 61.2. The lowest BCUT2D eigenvalue weighted by Crippen LogP contribution is -2.30. The molecule has 3 unspecified atom stereocenters. The first-order chi connectivity index (χ1) is 41.2. The summed E-state index contributed by atoms with van der Waals surface area (Å²) in [5.74, 6) is -1.51. The second-order valence-electron chi connectivity index (χ2n) is 22.3. The van der Waals surface area contributed by atoms with E-state index in [1.807, 2.05) is 0 Å². The molecule has 0 aliphatic heterocycles. The number of allylic oxidation sites excluding steroid dienone is 18. The molecule has 0 bridgehead atoms. The van der Waals surface area contributed by atoms with Crippen LogP contribution in [0.1, 0.15) is 290 Å². The third kappa shape index (κ3) is 62.7. The fraction of sp³-hybridized carbons (Fsp3) is 0.708. The summed E-state index contributed by atoms with van der Waals surface area (Å²) in [6.07, 6.45) is 80.2. The van der Waals surface area contributed by atoms with Crippen molar-refractivity contribution in [3.8, 4) is 0 Å². The number of carbonyl (C=O) groups excluding carboxylic acids is 3. The number of esters is 3. The summed E-state index contributed by atoms with van der Waals surface area (Å²) in [6.45, 7) is 4.55. The lowest BCUT2D eigenvalue weighted by atomic mass is 10.1. The van der Waals surface area contributed by atoms with Crippen molar-refractivity contribution in [2.75, 3.05) is 26.4 Å². The monoisotopic (exact) mass is 1190 g/mol. The lowest BCUT2D eigenvalue weighted by Gasteiger charge is -2.21. The van der Waals surface area contributed by atoms with Crippen LogP contribution in [0.4, 0.5) is 0 Å².